The van der Waals surface area contributed by atoms with Crippen molar-refractivity contribution in [3.63, 3.8) is 0 Å². The zero-order valence-corrected chi connectivity index (χ0v) is 16.0. The Morgan fingerprint density at radius 2 is 2.11 bits per heavy atom. The fraction of sp³-hybridized carbons (Fsp3) is 0.550. The molecule has 0 aromatic carbocycles. The molecule has 0 N–H and O–H groups in total. The minimum atomic E-state index is -0.560. The predicted molar refractivity (Wildman–Crippen MR) is 96.9 cm³/mol. The lowest BCUT2D eigenvalue weighted by Crippen LogP contribution is -2.26. The summed E-state index contributed by atoms with van der Waals surface area (Å²) in [7, 11) is 0. The van der Waals surface area contributed by atoms with Gasteiger partial charge in [0, 0.05) is 24.6 Å². The van der Waals surface area contributed by atoms with Gasteiger partial charge in [-0.1, -0.05) is 0 Å². The van der Waals surface area contributed by atoms with Gasteiger partial charge >= 0.3 is 5.97 Å². The van der Waals surface area contributed by atoms with E-state index < -0.39 is 5.60 Å². The van der Waals surface area contributed by atoms with Gasteiger partial charge in [-0.2, -0.15) is 0 Å². The molecule has 1 saturated carbocycles. The molecule has 1 aliphatic heterocycles. The average molecular weight is 376 g/mol. The highest BCUT2D eigenvalue weighted by Crippen LogP contribution is 2.34. The van der Waals surface area contributed by atoms with Gasteiger partial charge < -0.3 is 14.4 Å². The van der Waals surface area contributed by atoms with Crippen LogP contribution in [0.3, 0.4) is 0 Å². The van der Waals surface area contributed by atoms with Crippen molar-refractivity contribution >= 4 is 11.9 Å². The first-order valence-electron chi connectivity index (χ1n) is 9.19. The Hall–Kier alpha value is -2.44. The molecular formula is C20H25FN2O4. The summed E-state index contributed by atoms with van der Waals surface area (Å²) in [6.07, 6.45) is 4.35. The largest absolute Gasteiger partial charge is 0.488 e. The van der Waals surface area contributed by atoms with Crippen molar-refractivity contribution in [1.29, 1.82) is 0 Å². The van der Waals surface area contributed by atoms with E-state index in [0.717, 1.165) is 18.4 Å². The van der Waals surface area contributed by atoms with Gasteiger partial charge in [0.1, 0.15) is 23.7 Å². The zero-order chi connectivity index (χ0) is 19.6. The van der Waals surface area contributed by atoms with Crippen molar-refractivity contribution in [2.75, 3.05) is 6.61 Å². The van der Waals surface area contributed by atoms with Gasteiger partial charge in [0.05, 0.1) is 12.5 Å². The molecule has 7 heteroatoms. The molecule has 0 radical (unpaired) electrons. The third-order valence-electron chi connectivity index (χ3n) is 4.38. The Morgan fingerprint density at radius 1 is 1.37 bits per heavy atom. The van der Waals surface area contributed by atoms with Crippen LogP contribution >= 0.6 is 0 Å². The van der Waals surface area contributed by atoms with Gasteiger partial charge in [-0.15, -0.1) is 0 Å². The highest BCUT2D eigenvalue weighted by molar-refractivity contribution is 5.96. The van der Waals surface area contributed by atoms with Crippen LogP contribution in [0.1, 0.15) is 62.5 Å². The lowest BCUT2D eigenvalue weighted by molar-refractivity contribution is -0.154. The number of hydrogen-bond donors (Lipinski definition) is 0. The number of amides is 1. The third-order valence-corrected chi connectivity index (χ3v) is 4.38. The fourth-order valence-corrected chi connectivity index (χ4v) is 2.94. The predicted octanol–water partition coefficient (Wildman–Crippen LogP) is 3.55. The van der Waals surface area contributed by atoms with Crippen LogP contribution in [0.25, 0.3) is 0 Å². The maximum atomic E-state index is 13.1. The Kier molecular flexibility index (Phi) is 5.48. The van der Waals surface area contributed by atoms with Crippen molar-refractivity contribution in [3.05, 3.63) is 35.4 Å². The molecule has 3 rings (SSSR count). The first-order chi connectivity index (χ1) is 12.8. The van der Waals surface area contributed by atoms with E-state index in [2.05, 4.69) is 4.98 Å². The summed E-state index contributed by atoms with van der Waals surface area (Å²) in [5.74, 6) is 0.0799. The number of carbonyl (C=O) groups excluding carboxylic acids is 2. The molecule has 2 heterocycles. The highest BCUT2D eigenvalue weighted by Gasteiger charge is 2.39. The van der Waals surface area contributed by atoms with E-state index in [1.165, 1.54) is 6.20 Å². The van der Waals surface area contributed by atoms with Crippen LogP contribution in [0.2, 0.25) is 0 Å². The van der Waals surface area contributed by atoms with Crippen molar-refractivity contribution in [3.8, 4) is 5.75 Å². The number of aromatic nitrogens is 1. The van der Waals surface area contributed by atoms with Crippen molar-refractivity contribution in [2.45, 2.75) is 64.6 Å². The number of fused-ring (bicyclic) bond motifs is 1. The molecule has 6 nitrogen and oxygen atoms in total. The SMILES string of the molecule is CC(C)(C)OC(=O)CC/C(=C\F)COc1cnc2c(c1)CN(C1CC1)C2=O. The zero-order valence-electron chi connectivity index (χ0n) is 16.0. The standard InChI is InChI=1S/C20H25FN2O4/c1-20(2,3)27-17(24)7-4-13(9-21)12-26-16-8-14-11-23(15-5-6-15)19(25)18(14)22-10-16/h8-10,15H,4-7,11-12H2,1-3H3/b13-9+. The number of esters is 1. The quantitative estimate of drug-likeness (QED) is 0.681. The van der Waals surface area contributed by atoms with Gasteiger partial charge in [0.2, 0.25) is 0 Å². The molecule has 1 aromatic heterocycles. The molecule has 0 saturated heterocycles. The van der Waals surface area contributed by atoms with E-state index in [1.807, 2.05) is 4.90 Å². The van der Waals surface area contributed by atoms with Crippen molar-refractivity contribution in [1.82, 2.24) is 9.88 Å². The van der Waals surface area contributed by atoms with Gasteiger partial charge in [0.15, 0.2) is 0 Å². The van der Waals surface area contributed by atoms with Crippen LogP contribution in [0, 0.1) is 0 Å². The molecular weight excluding hydrogens is 351 g/mol. The first-order valence-corrected chi connectivity index (χ1v) is 9.19. The number of hydrogen-bond acceptors (Lipinski definition) is 5. The number of pyridine rings is 1. The molecule has 0 unspecified atom stereocenters. The first kappa shape index (κ1) is 19.3. The Labute approximate surface area is 158 Å². The topological polar surface area (TPSA) is 68.7 Å². The third kappa shape index (κ3) is 5.05. The molecule has 0 spiro atoms. The summed E-state index contributed by atoms with van der Waals surface area (Å²) in [6, 6.07) is 2.12. The van der Waals surface area contributed by atoms with E-state index >= 15 is 0 Å². The lowest BCUT2D eigenvalue weighted by Gasteiger charge is -2.19. The van der Waals surface area contributed by atoms with Crippen LogP contribution in [0.15, 0.2) is 24.2 Å². The van der Waals surface area contributed by atoms with E-state index in [9.17, 15) is 14.0 Å². The molecule has 0 bridgehead atoms. The summed E-state index contributed by atoms with van der Waals surface area (Å²) in [5.41, 5.74) is 1.11. The number of halogens is 1. The molecule has 1 fully saturated rings. The Bertz CT molecular complexity index is 766. The molecule has 2 aliphatic rings. The van der Waals surface area contributed by atoms with Gasteiger partial charge in [-0.25, -0.2) is 9.37 Å². The molecule has 0 atom stereocenters. The maximum Gasteiger partial charge on any atom is 0.306 e. The second-order valence-corrected chi connectivity index (χ2v) is 7.99. The van der Waals surface area contributed by atoms with E-state index in [-0.39, 0.29) is 31.3 Å². The number of ether oxygens (including phenoxy) is 2. The molecule has 146 valence electrons. The summed E-state index contributed by atoms with van der Waals surface area (Å²) < 4.78 is 23.9. The van der Waals surface area contributed by atoms with Gasteiger partial charge in [0.25, 0.3) is 5.91 Å². The van der Waals surface area contributed by atoms with Crippen LogP contribution in [-0.4, -0.2) is 40.0 Å². The van der Waals surface area contributed by atoms with Crippen LogP contribution in [0.5, 0.6) is 5.75 Å². The van der Waals surface area contributed by atoms with Gasteiger partial charge in [-0.05, 0) is 51.7 Å². The summed E-state index contributed by atoms with van der Waals surface area (Å²) in [6.45, 7) is 5.93. The minimum Gasteiger partial charge on any atom is -0.488 e. The average Bonchev–Trinajstić information content (AvgIpc) is 3.38. The molecule has 1 aromatic rings. The summed E-state index contributed by atoms with van der Waals surface area (Å²) in [4.78, 5) is 30.1. The minimum absolute atomic E-state index is 0.0139. The second-order valence-electron chi connectivity index (χ2n) is 7.99. The number of rotatable bonds is 7. The van der Waals surface area contributed by atoms with E-state index in [4.69, 9.17) is 9.47 Å². The van der Waals surface area contributed by atoms with Crippen LogP contribution in [0.4, 0.5) is 4.39 Å². The van der Waals surface area contributed by atoms with Gasteiger partial charge in [-0.3, -0.25) is 9.59 Å². The normalized spacial score (nSPS) is 17.1. The fourth-order valence-electron chi connectivity index (χ4n) is 2.94. The van der Waals surface area contributed by atoms with Crippen LogP contribution in [-0.2, 0) is 16.1 Å². The van der Waals surface area contributed by atoms with E-state index in [0.29, 0.717) is 35.9 Å². The monoisotopic (exact) mass is 376 g/mol. The van der Waals surface area contributed by atoms with Crippen LogP contribution < -0.4 is 4.74 Å². The summed E-state index contributed by atoms with van der Waals surface area (Å²) in [5, 5.41) is 0. The lowest BCUT2D eigenvalue weighted by atomic mass is 10.1. The second kappa shape index (κ2) is 7.66. The Balaban J connectivity index is 1.51. The molecule has 1 aliphatic carbocycles. The Morgan fingerprint density at radius 3 is 2.74 bits per heavy atom. The van der Waals surface area contributed by atoms with E-state index in [1.54, 1.807) is 26.8 Å². The number of carbonyl (C=O) groups is 2. The number of nitrogens with zero attached hydrogens (tertiary/aromatic N) is 2. The summed E-state index contributed by atoms with van der Waals surface area (Å²) >= 11 is 0. The molecule has 27 heavy (non-hydrogen) atoms. The smallest absolute Gasteiger partial charge is 0.306 e. The van der Waals surface area contributed by atoms with Crippen molar-refractivity contribution in [2.24, 2.45) is 0 Å². The molecule has 1 amide bonds. The van der Waals surface area contributed by atoms with Crippen molar-refractivity contribution < 1.29 is 23.5 Å². The maximum absolute atomic E-state index is 13.1. The highest BCUT2D eigenvalue weighted by atomic mass is 19.1.